The number of aromatic amines is 1. The summed E-state index contributed by atoms with van der Waals surface area (Å²) in [6.45, 7) is 5.81. The molecular weight excluding hydrogens is 357 g/mol. The first kappa shape index (κ1) is 14.1. The normalized spacial score (nSPS) is 11.6. The number of alkyl carbamates (subject to hydrolysis) is 1. The topological polar surface area (TPSA) is 67.0 Å². The Morgan fingerprint density at radius 2 is 2.21 bits per heavy atom. The molecule has 0 aliphatic rings. The number of nitrogens with one attached hydrogen (secondary N) is 2. The van der Waals surface area contributed by atoms with Gasteiger partial charge in [0.25, 0.3) is 0 Å². The molecule has 0 atom stereocenters. The highest BCUT2D eigenvalue weighted by molar-refractivity contribution is 14.1. The molecule has 1 aromatic carbocycles. The van der Waals surface area contributed by atoms with Gasteiger partial charge < -0.3 is 15.0 Å². The van der Waals surface area contributed by atoms with Crippen molar-refractivity contribution in [2.24, 2.45) is 0 Å². The van der Waals surface area contributed by atoms with Gasteiger partial charge in [0.15, 0.2) is 0 Å². The zero-order valence-electron chi connectivity index (χ0n) is 11.1. The van der Waals surface area contributed by atoms with Crippen LogP contribution in [0.25, 0.3) is 11.0 Å². The van der Waals surface area contributed by atoms with Crippen LogP contribution >= 0.6 is 22.6 Å². The molecule has 1 aromatic heterocycles. The smallest absolute Gasteiger partial charge is 0.408 e. The molecular formula is C13H16IN3O2. The van der Waals surface area contributed by atoms with Gasteiger partial charge in [0.2, 0.25) is 0 Å². The van der Waals surface area contributed by atoms with E-state index in [1.54, 1.807) is 0 Å². The fourth-order valence-corrected chi connectivity index (χ4v) is 2.08. The zero-order valence-corrected chi connectivity index (χ0v) is 13.2. The first-order chi connectivity index (χ1) is 8.83. The number of carbonyl (C=O) groups is 1. The molecule has 0 spiro atoms. The lowest BCUT2D eigenvalue weighted by atomic mass is 10.2. The largest absolute Gasteiger partial charge is 0.444 e. The molecule has 5 nitrogen and oxygen atoms in total. The summed E-state index contributed by atoms with van der Waals surface area (Å²) in [7, 11) is 0. The van der Waals surface area contributed by atoms with E-state index in [-0.39, 0.29) is 0 Å². The molecule has 0 unspecified atom stereocenters. The molecule has 1 amide bonds. The minimum absolute atomic E-state index is 0.320. The second-order valence-electron chi connectivity index (χ2n) is 5.20. The van der Waals surface area contributed by atoms with Gasteiger partial charge in [0.1, 0.15) is 11.4 Å². The molecule has 2 aromatic rings. The first-order valence-electron chi connectivity index (χ1n) is 5.94. The average molecular weight is 373 g/mol. The molecule has 19 heavy (non-hydrogen) atoms. The van der Waals surface area contributed by atoms with E-state index >= 15 is 0 Å². The van der Waals surface area contributed by atoms with Gasteiger partial charge in [-0.15, -0.1) is 0 Å². The van der Waals surface area contributed by atoms with E-state index in [0.29, 0.717) is 12.4 Å². The predicted octanol–water partition coefficient (Wildman–Crippen LogP) is 3.19. The number of rotatable bonds is 2. The van der Waals surface area contributed by atoms with Crippen LogP contribution in [0.3, 0.4) is 0 Å². The van der Waals surface area contributed by atoms with E-state index in [1.165, 1.54) is 0 Å². The molecule has 102 valence electrons. The summed E-state index contributed by atoms with van der Waals surface area (Å²) in [5, 5.41) is 2.67. The van der Waals surface area contributed by atoms with Crippen molar-refractivity contribution in [3.05, 3.63) is 27.6 Å². The Morgan fingerprint density at radius 1 is 1.47 bits per heavy atom. The minimum atomic E-state index is -0.492. The van der Waals surface area contributed by atoms with Gasteiger partial charge >= 0.3 is 6.09 Å². The molecule has 0 radical (unpaired) electrons. The maximum Gasteiger partial charge on any atom is 0.408 e. The van der Waals surface area contributed by atoms with Gasteiger partial charge in [-0.3, -0.25) is 0 Å². The number of hydrogen-bond acceptors (Lipinski definition) is 3. The Kier molecular flexibility index (Phi) is 3.98. The third-order valence-corrected chi connectivity index (χ3v) is 2.96. The highest BCUT2D eigenvalue weighted by Crippen LogP contribution is 2.15. The number of imidazole rings is 1. The third kappa shape index (κ3) is 4.09. The highest BCUT2D eigenvalue weighted by atomic mass is 127. The van der Waals surface area contributed by atoms with E-state index in [1.807, 2.05) is 39.0 Å². The first-order valence-corrected chi connectivity index (χ1v) is 7.02. The van der Waals surface area contributed by atoms with Crippen molar-refractivity contribution in [2.75, 3.05) is 0 Å². The quantitative estimate of drug-likeness (QED) is 0.795. The van der Waals surface area contributed by atoms with E-state index < -0.39 is 11.7 Å². The maximum atomic E-state index is 11.5. The van der Waals surface area contributed by atoms with Crippen LogP contribution < -0.4 is 5.32 Å². The third-order valence-electron chi connectivity index (χ3n) is 2.29. The monoisotopic (exact) mass is 373 g/mol. The number of hydrogen-bond donors (Lipinski definition) is 2. The summed E-state index contributed by atoms with van der Waals surface area (Å²) in [6.07, 6.45) is -0.442. The Bertz CT molecular complexity index is 601. The summed E-state index contributed by atoms with van der Waals surface area (Å²) < 4.78 is 6.30. The van der Waals surface area contributed by atoms with Gasteiger partial charge in [-0.2, -0.15) is 0 Å². The number of benzene rings is 1. The van der Waals surface area contributed by atoms with Crippen molar-refractivity contribution < 1.29 is 9.53 Å². The number of aromatic nitrogens is 2. The van der Waals surface area contributed by atoms with E-state index in [4.69, 9.17) is 4.74 Å². The van der Waals surface area contributed by atoms with Gasteiger partial charge in [0, 0.05) is 3.57 Å². The molecule has 0 fully saturated rings. The van der Waals surface area contributed by atoms with Crippen LogP contribution in [-0.2, 0) is 11.3 Å². The van der Waals surface area contributed by atoms with E-state index in [9.17, 15) is 4.79 Å². The zero-order chi connectivity index (χ0) is 14.0. The van der Waals surface area contributed by atoms with Crippen molar-refractivity contribution in [2.45, 2.75) is 32.9 Å². The Balaban J connectivity index is 2.00. The summed E-state index contributed by atoms with van der Waals surface area (Å²) in [5.41, 5.74) is 1.36. The Morgan fingerprint density at radius 3 is 2.89 bits per heavy atom. The van der Waals surface area contributed by atoms with Crippen molar-refractivity contribution in [1.29, 1.82) is 0 Å². The molecule has 0 saturated heterocycles. The van der Waals surface area contributed by atoms with Gasteiger partial charge in [0.05, 0.1) is 17.6 Å². The standard InChI is InChI=1S/C13H16IN3O2/c1-13(2,3)19-12(18)15-7-11-16-9-5-4-8(14)6-10(9)17-11/h4-6H,7H2,1-3H3,(H,15,18)(H,16,17). The summed E-state index contributed by atoms with van der Waals surface area (Å²) >= 11 is 2.25. The van der Waals surface area contributed by atoms with Crippen molar-refractivity contribution in [3.63, 3.8) is 0 Å². The van der Waals surface area contributed by atoms with Crippen LogP contribution in [0.15, 0.2) is 18.2 Å². The molecule has 6 heteroatoms. The number of fused-ring (bicyclic) bond motifs is 1. The number of H-pyrrole nitrogens is 1. The lowest BCUT2D eigenvalue weighted by Crippen LogP contribution is -2.32. The van der Waals surface area contributed by atoms with E-state index in [2.05, 4.69) is 37.9 Å². The van der Waals surface area contributed by atoms with E-state index in [0.717, 1.165) is 14.6 Å². The number of ether oxygens (including phenoxy) is 1. The van der Waals surface area contributed by atoms with Gasteiger partial charge in [-0.1, -0.05) is 0 Å². The van der Waals surface area contributed by atoms with Crippen LogP contribution in [0, 0.1) is 3.57 Å². The number of carbonyl (C=O) groups excluding carboxylic acids is 1. The summed E-state index contributed by atoms with van der Waals surface area (Å²) in [6, 6.07) is 5.96. The molecule has 1 heterocycles. The van der Waals surface area contributed by atoms with Crippen molar-refractivity contribution in [3.8, 4) is 0 Å². The Hall–Kier alpha value is -1.31. The number of amides is 1. The predicted molar refractivity (Wildman–Crippen MR) is 81.9 cm³/mol. The summed E-state index contributed by atoms with van der Waals surface area (Å²) in [4.78, 5) is 19.1. The Labute approximate surface area is 125 Å². The second-order valence-corrected chi connectivity index (χ2v) is 6.45. The van der Waals surface area contributed by atoms with Crippen molar-refractivity contribution >= 4 is 39.7 Å². The lowest BCUT2D eigenvalue weighted by molar-refractivity contribution is 0.0522. The molecule has 2 N–H and O–H groups in total. The second kappa shape index (κ2) is 5.36. The molecule has 0 bridgehead atoms. The fourth-order valence-electron chi connectivity index (χ4n) is 1.59. The minimum Gasteiger partial charge on any atom is -0.444 e. The number of nitrogens with zero attached hydrogens (tertiary/aromatic N) is 1. The molecule has 0 aliphatic heterocycles. The van der Waals surface area contributed by atoms with Crippen LogP contribution in [0.2, 0.25) is 0 Å². The van der Waals surface area contributed by atoms with Gasteiger partial charge in [-0.05, 0) is 61.6 Å². The average Bonchev–Trinajstić information content (AvgIpc) is 2.66. The van der Waals surface area contributed by atoms with Crippen molar-refractivity contribution in [1.82, 2.24) is 15.3 Å². The van der Waals surface area contributed by atoms with Gasteiger partial charge in [-0.25, -0.2) is 9.78 Å². The summed E-state index contributed by atoms with van der Waals surface area (Å²) in [5.74, 6) is 0.711. The molecule has 2 rings (SSSR count). The molecule has 0 saturated carbocycles. The lowest BCUT2D eigenvalue weighted by Gasteiger charge is -2.19. The highest BCUT2D eigenvalue weighted by Gasteiger charge is 2.16. The molecule has 0 aliphatic carbocycles. The van der Waals surface area contributed by atoms with Crippen LogP contribution in [0.5, 0.6) is 0 Å². The SMILES string of the molecule is CC(C)(C)OC(=O)NCc1nc2ccc(I)cc2[nH]1. The fraction of sp³-hybridized carbons (Fsp3) is 0.385. The van der Waals surface area contributed by atoms with Crippen LogP contribution in [0.4, 0.5) is 4.79 Å². The van der Waals surface area contributed by atoms with Crippen LogP contribution in [0.1, 0.15) is 26.6 Å². The maximum absolute atomic E-state index is 11.5. The van der Waals surface area contributed by atoms with Crippen LogP contribution in [-0.4, -0.2) is 21.7 Å². The number of halogens is 1.